The molecule has 1 heterocycles. The Morgan fingerprint density at radius 1 is 1.10 bits per heavy atom. The van der Waals surface area contributed by atoms with Gasteiger partial charge < -0.3 is 9.47 Å². The Labute approximate surface area is 177 Å². The van der Waals surface area contributed by atoms with Crippen LogP contribution in [0, 0.1) is 6.92 Å². The maximum Gasteiger partial charge on any atom is 0.350 e. The summed E-state index contributed by atoms with van der Waals surface area (Å²) < 4.78 is 33.1. The summed E-state index contributed by atoms with van der Waals surface area (Å²) in [6.07, 6.45) is 0. The molecule has 0 bridgehead atoms. The van der Waals surface area contributed by atoms with Gasteiger partial charge in [0.2, 0.25) is 10.0 Å². The fourth-order valence-electron chi connectivity index (χ4n) is 2.39. The van der Waals surface area contributed by atoms with Gasteiger partial charge in [-0.2, -0.15) is 0 Å². The van der Waals surface area contributed by atoms with Crippen LogP contribution >= 0.6 is 22.9 Å². The fourth-order valence-corrected chi connectivity index (χ4v) is 3.99. The molecular weight excluding hydrogens is 436 g/mol. The lowest BCUT2D eigenvalue weighted by Gasteiger charge is -2.07. The van der Waals surface area contributed by atoms with Gasteiger partial charge in [-0.25, -0.2) is 23.3 Å². The number of hydrogen-bond donors (Lipinski definition) is 1. The first-order valence-corrected chi connectivity index (χ1v) is 11.1. The Morgan fingerprint density at radius 3 is 2.38 bits per heavy atom. The molecule has 0 aliphatic carbocycles. The van der Waals surface area contributed by atoms with Gasteiger partial charge >= 0.3 is 5.97 Å². The number of nitrogens with two attached hydrogens (primary N) is 1. The summed E-state index contributed by atoms with van der Waals surface area (Å²) >= 11 is 7.14. The van der Waals surface area contributed by atoms with Gasteiger partial charge in [0, 0.05) is 10.6 Å². The molecule has 7 nitrogen and oxygen atoms in total. The normalized spacial score (nSPS) is 11.3. The summed E-state index contributed by atoms with van der Waals surface area (Å²) in [5.74, 6) is -0.0409. The highest BCUT2D eigenvalue weighted by Gasteiger charge is 2.17. The third-order valence-electron chi connectivity index (χ3n) is 3.81. The highest BCUT2D eigenvalue weighted by Crippen LogP contribution is 2.29. The maximum absolute atomic E-state index is 12.3. The minimum Gasteiger partial charge on any atom is -0.490 e. The number of aromatic nitrogens is 1. The number of thiazole rings is 1. The summed E-state index contributed by atoms with van der Waals surface area (Å²) in [6, 6.07) is 12.8. The largest absolute Gasteiger partial charge is 0.490 e. The Morgan fingerprint density at radius 2 is 1.76 bits per heavy atom. The molecule has 0 amide bonds. The highest BCUT2D eigenvalue weighted by molar-refractivity contribution is 7.89. The van der Waals surface area contributed by atoms with Crippen LogP contribution in [0.3, 0.4) is 0 Å². The molecule has 2 N–H and O–H groups in total. The SMILES string of the molecule is Cc1nc(-c2ccc(Cl)cc2)sc1C(=O)OCCOc1ccc(S(N)(=O)=O)cc1. The highest BCUT2D eigenvalue weighted by atomic mass is 35.5. The van der Waals surface area contributed by atoms with Gasteiger partial charge in [0.1, 0.15) is 28.8 Å². The van der Waals surface area contributed by atoms with Crippen molar-refractivity contribution in [2.45, 2.75) is 11.8 Å². The molecule has 3 aromatic rings. The smallest absolute Gasteiger partial charge is 0.350 e. The molecule has 0 atom stereocenters. The Balaban J connectivity index is 1.54. The first-order valence-electron chi connectivity index (χ1n) is 8.40. The minimum atomic E-state index is -3.75. The lowest BCUT2D eigenvalue weighted by Crippen LogP contribution is -2.13. The summed E-state index contributed by atoms with van der Waals surface area (Å²) in [6.45, 7) is 1.89. The zero-order valence-electron chi connectivity index (χ0n) is 15.3. The molecule has 0 spiro atoms. The van der Waals surface area contributed by atoms with Crippen molar-refractivity contribution >= 4 is 38.9 Å². The van der Waals surface area contributed by atoms with Crippen molar-refractivity contribution in [3.63, 3.8) is 0 Å². The number of ether oxygens (including phenoxy) is 2. The third-order valence-corrected chi connectivity index (χ3v) is 6.18. The van der Waals surface area contributed by atoms with E-state index in [-0.39, 0.29) is 18.1 Å². The third kappa shape index (κ3) is 5.54. The lowest BCUT2D eigenvalue weighted by molar-refractivity contribution is 0.0455. The molecule has 0 saturated heterocycles. The molecular formula is C19H17ClN2O5S2. The van der Waals surface area contributed by atoms with E-state index in [9.17, 15) is 13.2 Å². The number of primary sulfonamides is 1. The van der Waals surface area contributed by atoms with Crippen molar-refractivity contribution in [1.29, 1.82) is 0 Å². The number of benzene rings is 2. The van der Waals surface area contributed by atoms with E-state index in [0.29, 0.717) is 26.4 Å². The monoisotopic (exact) mass is 452 g/mol. The zero-order valence-corrected chi connectivity index (χ0v) is 17.7. The van der Waals surface area contributed by atoms with Crippen LogP contribution in [-0.2, 0) is 14.8 Å². The number of esters is 1. The molecule has 0 aliphatic heterocycles. The number of carbonyl (C=O) groups excluding carboxylic acids is 1. The van der Waals surface area contributed by atoms with Crippen LogP contribution in [0.4, 0.5) is 0 Å². The molecule has 0 saturated carbocycles. The predicted octanol–water partition coefficient (Wildman–Crippen LogP) is 3.66. The number of halogens is 1. The standard InChI is InChI=1S/C19H17ClN2O5S2/c1-12-17(28-18(22-12)13-2-4-14(20)5-3-13)19(23)27-11-10-26-15-6-8-16(9-7-15)29(21,24)25/h2-9H,10-11H2,1H3,(H2,21,24,25). The number of rotatable bonds is 7. The fraction of sp³-hybridized carbons (Fsp3) is 0.158. The number of carbonyl (C=O) groups is 1. The van der Waals surface area contributed by atoms with E-state index in [2.05, 4.69) is 4.98 Å². The predicted molar refractivity (Wildman–Crippen MR) is 111 cm³/mol. The van der Waals surface area contributed by atoms with Gasteiger partial charge in [-0.05, 0) is 43.3 Å². The first-order chi connectivity index (χ1) is 13.7. The molecule has 0 radical (unpaired) electrons. The van der Waals surface area contributed by atoms with Crippen molar-refractivity contribution in [1.82, 2.24) is 4.98 Å². The number of sulfonamides is 1. The van der Waals surface area contributed by atoms with E-state index >= 15 is 0 Å². The van der Waals surface area contributed by atoms with E-state index in [0.717, 1.165) is 5.56 Å². The summed E-state index contributed by atoms with van der Waals surface area (Å²) in [5, 5.41) is 6.37. The first kappa shape index (κ1) is 21.3. The second-order valence-electron chi connectivity index (χ2n) is 5.94. The van der Waals surface area contributed by atoms with Gasteiger partial charge in [0.25, 0.3) is 0 Å². The molecule has 0 fully saturated rings. The second kappa shape index (κ2) is 8.91. The zero-order chi connectivity index (χ0) is 21.0. The van der Waals surface area contributed by atoms with Crippen molar-refractivity contribution in [2.75, 3.05) is 13.2 Å². The Bertz CT molecular complexity index is 1110. The molecule has 29 heavy (non-hydrogen) atoms. The van der Waals surface area contributed by atoms with E-state index in [4.69, 9.17) is 26.2 Å². The second-order valence-corrected chi connectivity index (χ2v) is 8.94. The quantitative estimate of drug-likeness (QED) is 0.433. The van der Waals surface area contributed by atoms with E-state index in [1.807, 2.05) is 12.1 Å². The molecule has 3 rings (SSSR count). The van der Waals surface area contributed by atoms with Crippen molar-refractivity contribution < 1.29 is 22.7 Å². The Hall–Kier alpha value is -2.46. The number of aryl methyl sites for hydroxylation is 1. The lowest BCUT2D eigenvalue weighted by atomic mass is 10.2. The maximum atomic E-state index is 12.3. The minimum absolute atomic E-state index is 0.00607. The number of hydrogen-bond acceptors (Lipinski definition) is 7. The summed E-state index contributed by atoms with van der Waals surface area (Å²) in [5.41, 5.74) is 1.46. The summed E-state index contributed by atoms with van der Waals surface area (Å²) in [4.78, 5) is 17.2. The van der Waals surface area contributed by atoms with Crippen LogP contribution < -0.4 is 9.88 Å². The summed E-state index contributed by atoms with van der Waals surface area (Å²) in [7, 11) is -3.75. The molecule has 152 valence electrons. The Kier molecular flexibility index (Phi) is 6.53. The van der Waals surface area contributed by atoms with Gasteiger partial charge in [-0.3, -0.25) is 0 Å². The van der Waals surface area contributed by atoms with Gasteiger partial charge in [0.05, 0.1) is 10.6 Å². The van der Waals surface area contributed by atoms with E-state index in [1.165, 1.54) is 35.6 Å². The topological polar surface area (TPSA) is 109 Å². The molecule has 1 aromatic heterocycles. The van der Waals surface area contributed by atoms with Gasteiger partial charge in [-0.15, -0.1) is 11.3 Å². The van der Waals surface area contributed by atoms with Crippen molar-refractivity contribution in [2.24, 2.45) is 5.14 Å². The van der Waals surface area contributed by atoms with Gasteiger partial charge in [-0.1, -0.05) is 23.7 Å². The molecule has 2 aromatic carbocycles. The molecule has 0 unspecified atom stereocenters. The average molecular weight is 453 g/mol. The van der Waals surface area contributed by atoms with E-state index in [1.54, 1.807) is 19.1 Å². The molecule has 10 heteroatoms. The molecule has 0 aliphatic rings. The van der Waals surface area contributed by atoms with Crippen LogP contribution in [0.1, 0.15) is 15.4 Å². The van der Waals surface area contributed by atoms with Crippen LogP contribution in [0.2, 0.25) is 5.02 Å². The van der Waals surface area contributed by atoms with Crippen LogP contribution in [0.15, 0.2) is 53.4 Å². The number of nitrogens with zero attached hydrogens (tertiary/aromatic N) is 1. The van der Waals surface area contributed by atoms with Crippen LogP contribution in [-0.4, -0.2) is 32.6 Å². The van der Waals surface area contributed by atoms with Crippen LogP contribution in [0.25, 0.3) is 10.6 Å². The van der Waals surface area contributed by atoms with E-state index < -0.39 is 16.0 Å². The van der Waals surface area contributed by atoms with Crippen molar-refractivity contribution in [3.05, 3.63) is 64.1 Å². The van der Waals surface area contributed by atoms with Crippen LogP contribution in [0.5, 0.6) is 5.75 Å². The van der Waals surface area contributed by atoms with Crippen molar-refractivity contribution in [3.8, 4) is 16.3 Å². The van der Waals surface area contributed by atoms with Gasteiger partial charge in [0.15, 0.2) is 0 Å². The average Bonchev–Trinajstić information content (AvgIpc) is 3.07.